The SMILES string of the molecule is CC(C)c1nc(CN(C)C2CCOC3(CCOCC3)C2)cs1. The van der Waals surface area contributed by atoms with Crippen molar-refractivity contribution in [2.75, 3.05) is 26.9 Å². The molecule has 0 aliphatic carbocycles. The Morgan fingerprint density at radius 2 is 2.14 bits per heavy atom. The second kappa shape index (κ2) is 6.95. The molecule has 1 aromatic heterocycles. The van der Waals surface area contributed by atoms with Gasteiger partial charge in [-0.05, 0) is 32.7 Å². The Bertz CT molecular complexity index is 477. The van der Waals surface area contributed by atoms with Gasteiger partial charge in [0.2, 0.25) is 0 Å². The maximum atomic E-state index is 6.15. The summed E-state index contributed by atoms with van der Waals surface area (Å²) in [5.74, 6) is 0.526. The molecule has 1 atom stereocenters. The number of thiazole rings is 1. The van der Waals surface area contributed by atoms with E-state index in [0.717, 1.165) is 52.0 Å². The highest BCUT2D eigenvalue weighted by Crippen LogP contribution is 2.36. The molecule has 0 bridgehead atoms. The van der Waals surface area contributed by atoms with Crippen LogP contribution in [0.15, 0.2) is 5.38 Å². The molecule has 0 radical (unpaired) electrons. The van der Waals surface area contributed by atoms with Gasteiger partial charge in [0, 0.05) is 43.7 Å². The Morgan fingerprint density at radius 3 is 2.82 bits per heavy atom. The van der Waals surface area contributed by atoms with Crippen molar-refractivity contribution < 1.29 is 9.47 Å². The van der Waals surface area contributed by atoms with Gasteiger partial charge < -0.3 is 9.47 Å². The molecule has 1 unspecified atom stereocenters. The fourth-order valence-corrected chi connectivity index (χ4v) is 4.34. The van der Waals surface area contributed by atoms with Gasteiger partial charge in [-0.2, -0.15) is 0 Å². The molecular formula is C17H28N2O2S. The maximum Gasteiger partial charge on any atom is 0.0954 e. The van der Waals surface area contributed by atoms with Crippen LogP contribution in [0.4, 0.5) is 0 Å². The lowest BCUT2D eigenvalue weighted by Gasteiger charge is -2.45. The van der Waals surface area contributed by atoms with E-state index >= 15 is 0 Å². The molecule has 2 aliphatic rings. The number of rotatable bonds is 4. The molecule has 0 amide bonds. The molecule has 2 saturated heterocycles. The largest absolute Gasteiger partial charge is 0.381 e. The molecule has 124 valence electrons. The summed E-state index contributed by atoms with van der Waals surface area (Å²) in [6.45, 7) is 7.93. The molecule has 5 heteroatoms. The van der Waals surface area contributed by atoms with Crippen LogP contribution in [0.1, 0.15) is 56.2 Å². The average Bonchev–Trinajstić information content (AvgIpc) is 2.97. The van der Waals surface area contributed by atoms with Crippen LogP contribution < -0.4 is 0 Å². The normalized spacial score (nSPS) is 25.2. The van der Waals surface area contributed by atoms with Gasteiger partial charge in [0.1, 0.15) is 0 Å². The van der Waals surface area contributed by atoms with Crippen LogP contribution in [0, 0.1) is 0 Å². The van der Waals surface area contributed by atoms with Crippen molar-refractivity contribution in [1.29, 1.82) is 0 Å². The summed E-state index contributed by atoms with van der Waals surface area (Å²) in [6, 6.07) is 0.594. The summed E-state index contributed by atoms with van der Waals surface area (Å²) in [5.41, 5.74) is 1.28. The third-order valence-corrected chi connectivity index (χ3v) is 6.16. The van der Waals surface area contributed by atoms with Gasteiger partial charge in [-0.3, -0.25) is 4.90 Å². The van der Waals surface area contributed by atoms with E-state index in [2.05, 4.69) is 31.2 Å². The van der Waals surface area contributed by atoms with Gasteiger partial charge in [0.25, 0.3) is 0 Å². The Hall–Kier alpha value is -0.490. The zero-order chi connectivity index (χ0) is 15.6. The lowest BCUT2D eigenvalue weighted by molar-refractivity contribution is -0.150. The summed E-state index contributed by atoms with van der Waals surface area (Å²) < 4.78 is 11.7. The molecule has 0 saturated carbocycles. The van der Waals surface area contributed by atoms with Crippen LogP contribution in [0.5, 0.6) is 0 Å². The van der Waals surface area contributed by atoms with E-state index in [1.165, 1.54) is 10.7 Å². The van der Waals surface area contributed by atoms with Crippen molar-refractivity contribution in [2.24, 2.45) is 0 Å². The highest BCUT2D eigenvalue weighted by molar-refractivity contribution is 7.09. The Kier molecular flexibility index (Phi) is 5.17. The van der Waals surface area contributed by atoms with Crippen LogP contribution in [0.2, 0.25) is 0 Å². The Morgan fingerprint density at radius 1 is 1.36 bits per heavy atom. The fourth-order valence-electron chi connectivity index (χ4n) is 3.52. The molecule has 1 spiro atoms. The summed E-state index contributed by atoms with van der Waals surface area (Å²) in [5, 5.41) is 3.46. The van der Waals surface area contributed by atoms with Crippen molar-refractivity contribution in [3.8, 4) is 0 Å². The molecule has 3 heterocycles. The number of ether oxygens (including phenoxy) is 2. The molecular weight excluding hydrogens is 296 g/mol. The minimum atomic E-state index is 0.0700. The third-order valence-electron chi connectivity index (χ3n) is 4.97. The van der Waals surface area contributed by atoms with E-state index < -0.39 is 0 Å². The van der Waals surface area contributed by atoms with Crippen LogP contribution in [0.3, 0.4) is 0 Å². The molecule has 2 aliphatic heterocycles. The Balaban J connectivity index is 1.60. The average molecular weight is 324 g/mol. The third kappa shape index (κ3) is 3.70. The first-order valence-corrected chi connectivity index (χ1v) is 9.32. The van der Waals surface area contributed by atoms with Gasteiger partial charge in [-0.25, -0.2) is 4.98 Å². The van der Waals surface area contributed by atoms with Gasteiger partial charge in [-0.15, -0.1) is 11.3 Å². The molecule has 0 aromatic carbocycles. The van der Waals surface area contributed by atoms with Crippen LogP contribution in [0.25, 0.3) is 0 Å². The molecule has 0 N–H and O–H groups in total. The monoisotopic (exact) mass is 324 g/mol. The summed E-state index contributed by atoms with van der Waals surface area (Å²) in [6.07, 6.45) is 4.35. The summed E-state index contributed by atoms with van der Waals surface area (Å²) >= 11 is 1.79. The van der Waals surface area contributed by atoms with E-state index in [0.29, 0.717) is 12.0 Å². The van der Waals surface area contributed by atoms with Gasteiger partial charge in [-0.1, -0.05) is 13.8 Å². The van der Waals surface area contributed by atoms with Crippen molar-refractivity contribution in [2.45, 2.75) is 63.6 Å². The van der Waals surface area contributed by atoms with Gasteiger partial charge in [0.05, 0.1) is 16.3 Å². The van der Waals surface area contributed by atoms with Crippen LogP contribution in [-0.2, 0) is 16.0 Å². The first-order chi connectivity index (χ1) is 10.6. The number of hydrogen-bond acceptors (Lipinski definition) is 5. The lowest BCUT2D eigenvalue weighted by atomic mass is 9.83. The number of aromatic nitrogens is 1. The van der Waals surface area contributed by atoms with E-state index in [4.69, 9.17) is 14.5 Å². The van der Waals surface area contributed by atoms with E-state index in [1.807, 2.05) is 0 Å². The highest BCUT2D eigenvalue weighted by Gasteiger charge is 2.40. The van der Waals surface area contributed by atoms with Crippen LogP contribution >= 0.6 is 11.3 Å². The smallest absolute Gasteiger partial charge is 0.0954 e. The molecule has 2 fully saturated rings. The van der Waals surface area contributed by atoms with Crippen molar-refractivity contribution in [3.05, 3.63) is 16.1 Å². The minimum absolute atomic E-state index is 0.0700. The van der Waals surface area contributed by atoms with Crippen molar-refractivity contribution >= 4 is 11.3 Å². The van der Waals surface area contributed by atoms with E-state index in [9.17, 15) is 0 Å². The van der Waals surface area contributed by atoms with Crippen molar-refractivity contribution in [1.82, 2.24) is 9.88 Å². The second-order valence-electron chi connectivity index (χ2n) is 7.04. The van der Waals surface area contributed by atoms with E-state index in [1.54, 1.807) is 11.3 Å². The lowest BCUT2D eigenvalue weighted by Crippen LogP contribution is -2.50. The van der Waals surface area contributed by atoms with Crippen LogP contribution in [-0.4, -0.2) is 48.4 Å². The fraction of sp³-hybridized carbons (Fsp3) is 0.824. The number of nitrogens with zero attached hydrogens (tertiary/aromatic N) is 2. The maximum absolute atomic E-state index is 6.15. The highest BCUT2D eigenvalue weighted by atomic mass is 32.1. The predicted molar refractivity (Wildman–Crippen MR) is 89.4 cm³/mol. The topological polar surface area (TPSA) is 34.6 Å². The van der Waals surface area contributed by atoms with Gasteiger partial charge in [0.15, 0.2) is 0 Å². The molecule has 1 aromatic rings. The predicted octanol–water partition coefficient (Wildman–Crippen LogP) is 3.43. The first kappa shape index (κ1) is 16.4. The minimum Gasteiger partial charge on any atom is -0.381 e. The Labute approximate surface area is 137 Å². The molecule has 22 heavy (non-hydrogen) atoms. The number of hydrogen-bond donors (Lipinski definition) is 0. The first-order valence-electron chi connectivity index (χ1n) is 8.44. The summed E-state index contributed by atoms with van der Waals surface area (Å²) in [7, 11) is 2.23. The zero-order valence-electron chi connectivity index (χ0n) is 14.0. The molecule has 3 rings (SSSR count). The quantitative estimate of drug-likeness (QED) is 0.850. The molecule has 4 nitrogen and oxygen atoms in total. The summed E-state index contributed by atoms with van der Waals surface area (Å²) in [4.78, 5) is 7.25. The zero-order valence-corrected chi connectivity index (χ0v) is 14.8. The van der Waals surface area contributed by atoms with Gasteiger partial charge >= 0.3 is 0 Å². The standard InChI is InChI=1S/C17H28N2O2S/c1-13(2)16-18-14(12-22-16)11-19(3)15-4-7-21-17(10-15)5-8-20-9-6-17/h12-13,15H,4-11H2,1-3H3. The van der Waals surface area contributed by atoms with E-state index in [-0.39, 0.29) is 5.60 Å². The van der Waals surface area contributed by atoms with Crippen molar-refractivity contribution in [3.63, 3.8) is 0 Å². The second-order valence-corrected chi connectivity index (χ2v) is 7.93.